The summed E-state index contributed by atoms with van der Waals surface area (Å²) in [5, 5.41) is 0. The van der Waals surface area contributed by atoms with Gasteiger partial charge in [0.2, 0.25) is 0 Å². The van der Waals surface area contributed by atoms with Gasteiger partial charge in [-0.2, -0.15) is 0 Å². The highest BCUT2D eigenvalue weighted by molar-refractivity contribution is 14.3. The smallest absolute Gasteiger partial charge is 0.143 e. The van der Waals surface area contributed by atoms with E-state index in [9.17, 15) is 8.42 Å². The summed E-state index contributed by atoms with van der Waals surface area (Å²) in [4.78, 5) is 0. The van der Waals surface area contributed by atoms with Crippen molar-refractivity contribution in [3.63, 3.8) is 0 Å². The first-order valence-corrected chi connectivity index (χ1v) is 6.20. The van der Waals surface area contributed by atoms with Crippen molar-refractivity contribution in [2.24, 2.45) is 0 Å². The molecule has 0 aromatic heterocycles. The second-order valence-corrected chi connectivity index (χ2v) is 13.8. The van der Waals surface area contributed by atoms with Crippen LogP contribution in [0.2, 0.25) is 0 Å². The fourth-order valence-electron chi connectivity index (χ4n) is 0.146. The van der Waals surface area contributed by atoms with E-state index in [1.807, 2.05) is 0 Å². The average Bonchev–Trinajstić information content (AvgIpc) is 1.21. The van der Waals surface area contributed by atoms with Crippen LogP contribution in [0.25, 0.3) is 0 Å². The zero-order valence-electron chi connectivity index (χ0n) is 3.60. The molecule has 0 amide bonds. The Labute approximate surface area is 90.5 Å². The number of rotatable bonds is 2. The summed E-state index contributed by atoms with van der Waals surface area (Å²) in [5.41, 5.74) is 0. The first-order valence-electron chi connectivity index (χ1n) is 1.60. The third-order valence-corrected chi connectivity index (χ3v) is 4.00. The van der Waals surface area contributed by atoms with Gasteiger partial charge < -0.3 is 0 Å². The molecule has 50 valence electrons. The maximum absolute atomic E-state index is 10.0. The van der Waals surface area contributed by atoms with Crippen LogP contribution < -0.4 is 0 Å². The van der Waals surface area contributed by atoms with E-state index >= 15 is 0 Å². The van der Waals surface area contributed by atoms with Crippen molar-refractivity contribution >= 4 is 78.5 Å². The lowest BCUT2D eigenvalue weighted by Crippen LogP contribution is -2.06. The van der Waals surface area contributed by atoms with Crippen LogP contribution in [0.15, 0.2) is 0 Å². The predicted octanol–water partition coefficient (Wildman–Crippen LogP) is 1.56. The zero-order chi connectivity index (χ0) is 6.78. The molecular formula is C2H3I3O2S. The van der Waals surface area contributed by atoms with Gasteiger partial charge in [0.15, 0.2) is 0 Å². The molecule has 0 radical (unpaired) electrons. The average molecular weight is 472 g/mol. The number of thiol groups is 1. The second kappa shape index (κ2) is 4.11. The molecule has 0 aliphatic rings. The molecule has 2 nitrogen and oxygen atoms in total. The zero-order valence-corrected chi connectivity index (χ0v) is 11.0. The highest BCUT2D eigenvalue weighted by Gasteiger charge is 2.17. The molecule has 0 saturated heterocycles. The van der Waals surface area contributed by atoms with Gasteiger partial charge in [-0.1, -0.05) is 67.8 Å². The van der Waals surface area contributed by atoms with Crippen LogP contribution in [0.1, 0.15) is 0 Å². The van der Waals surface area contributed by atoms with Crippen LogP contribution in [0, 0.1) is 0 Å². The molecule has 0 aromatic carbocycles. The van der Waals surface area contributed by atoms with Crippen molar-refractivity contribution in [3.05, 3.63) is 0 Å². The lowest BCUT2D eigenvalue weighted by atomic mass is 11.0. The summed E-state index contributed by atoms with van der Waals surface area (Å²) < 4.78 is 19.9. The van der Waals surface area contributed by atoms with Crippen molar-refractivity contribution in [1.29, 1.82) is 0 Å². The van der Waals surface area contributed by atoms with Gasteiger partial charge in [0.05, 0.1) is 5.75 Å². The Bertz CT molecular complexity index is 127. The maximum atomic E-state index is 10.0. The molecule has 0 bridgehead atoms. The lowest BCUT2D eigenvalue weighted by molar-refractivity contribution is 0.615. The standard InChI is InChI=1S/C2H3I3O2S/c3-2(4,5)1-8(6)7/h8H,1H2. The SMILES string of the molecule is O=[SH](=O)CC(I)(I)I. The van der Waals surface area contributed by atoms with Crippen LogP contribution in [-0.2, 0) is 10.7 Å². The molecule has 0 unspecified atom stereocenters. The highest BCUT2D eigenvalue weighted by Crippen LogP contribution is 2.35. The van der Waals surface area contributed by atoms with Gasteiger partial charge in [-0.25, -0.2) is 8.42 Å². The number of halogens is 3. The van der Waals surface area contributed by atoms with Gasteiger partial charge in [-0.05, 0) is 0 Å². The van der Waals surface area contributed by atoms with Gasteiger partial charge >= 0.3 is 0 Å². The summed E-state index contributed by atoms with van der Waals surface area (Å²) in [6.07, 6.45) is 0. The van der Waals surface area contributed by atoms with Crippen LogP contribution >= 0.6 is 67.8 Å². The molecule has 0 N–H and O–H groups in total. The molecule has 0 fully saturated rings. The Morgan fingerprint density at radius 2 is 1.62 bits per heavy atom. The van der Waals surface area contributed by atoms with E-state index < -0.39 is 10.7 Å². The van der Waals surface area contributed by atoms with Gasteiger partial charge in [0, 0.05) is 0 Å². The Morgan fingerprint density at radius 1 is 1.25 bits per heavy atom. The van der Waals surface area contributed by atoms with Crippen molar-refractivity contribution in [2.45, 2.75) is -0.565 Å². The first-order chi connectivity index (χ1) is 3.42. The van der Waals surface area contributed by atoms with Gasteiger partial charge in [0.25, 0.3) is 0 Å². The Morgan fingerprint density at radius 3 is 1.62 bits per heavy atom. The molecule has 6 heteroatoms. The van der Waals surface area contributed by atoms with Crippen molar-refractivity contribution in [2.75, 3.05) is 5.75 Å². The van der Waals surface area contributed by atoms with Crippen molar-refractivity contribution in [1.82, 2.24) is 0 Å². The highest BCUT2D eigenvalue weighted by atomic mass is 127. The molecular weight excluding hydrogens is 469 g/mol. The molecule has 0 aliphatic heterocycles. The fraction of sp³-hybridized carbons (Fsp3) is 1.00. The Hall–Kier alpha value is 2.14. The molecule has 0 atom stereocenters. The summed E-state index contributed by atoms with van der Waals surface area (Å²) >= 11 is 6.24. The van der Waals surface area contributed by atoms with E-state index in [2.05, 4.69) is 67.8 Å². The van der Waals surface area contributed by atoms with Crippen molar-refractivity contribution in [3.8, 4) is 0 Å². The maximum Gasteiger partial charge on any atom is 0.143 e. The normalized spacial score (nSPS) is 12.5. The van der Waals surface area contributed by atoms with Gasteiger partial charge in [-0.15, -0.1) is 0 Å². The third kappa shape index (κ3) is 8.14. The number of hydrogen-bond donors (Lipinski definition) is 1. The number of alkyl halides is 3. The van der Waals surface area contributed by atoms with Crippen LogP contribution in [-0.4, -0.2) is 13.6 Å². The first kappa shape index (κ1) is 10.1. The molecule has 8 heavy (non-hydrogen) atoms. The van der Waals surface area contributed by atoms with E-state index in [0.717, 1.165) is 0 Å². The molecule has 0 aliphatic carbocycles. The molecule has 0 aromatic rings. The Kier molecular flexibility index (Phi) is 5.21. The fourth-order valence-corrected chi connectivity index (χ4v) is 2.95. The van der Waals surface area contributed by atoms with E-state index in [1.54, 1.807) is 0 Å². The third-order valence-electron chi connectivity index (χ3n) is 0.308. The molecule has 0 saturated carbocycles. The van der Waals surface area contributed by atoms with Crippen LogP contribution in [0.5, 0.6) is 0 Å². The van der Waals surface area contributed by atoms with Crippen LogP contribution in [0.3, 0.4) is 0 Å². The van der Waals surface area contributed by atoms with Gasteiger partial charge in [-0.3, -0.25) is 0 Å². The second-order valence-electron chi connectivity index (χ2n) is 1.11. The van der Waals surface area contributed by atoms with E-state index in [4.69, 9.17) is 0 Å². The molecule has 0 heterocycles. The lowest BCUT2D eigenvalue weighted by Gasteiger charge is -2.04. The summed E-state index contributed by atoms with van der Waals surface area (Å²) in [5.74, 6) is 0.240. The predicted molar refractivity (Wildman–Crippen MR) is 60.0 cm³/mol. The topological polar surface area (TPSA) is 34.1 Å². The summed E-state index contributed by atoms with van der Waals surface area (Å²) in [7, 11) is -2.21. The van der Waals surface area contributed by atoms with Gasteiger partial charge in [0.1, 0.15) is 10.1 Å². The molecule has 0 rings (SSSR count). The Balaban J connectivity index is 3.73. The minimum absolute atomic E-state index is 0.164. The monoisotopic (exact) mass is 472 g/mol. The summed E-state index contributed by atoms with van der Waals surface area (Å²) in [6.45, 7) is 0. The molecule has 0 spiro atoms. The van der Waals surface area contributed by atoms with E-state index in [-0.39, 0.29) is 5.19 Å². The van der Waals surface area contributed by atoms with E-state index in [0.29, 0.717) is 0 Å². The quantitative estimate of drug-likeness (QED) is 0.377. The minimum atomic E-state index is -2.21. The minimum Gasteiger partial charge on any atom is -0.232 e. The largest absolute Gasteiger partial charge is 0.232 e. The van der Waals surface area contributed by atoms with Crippen LogP contribution in [0.4, 0.5) is 0 Å². The van der Waals surface area contributed by atoms with E-state index in [1.165, 1.54) is 0 Å². The number of hydrogen-bond acceptors (Lipinski definition) is 2. The van der Waals surface area contributed by atoms with Crippen molar-refractivity contribution < 1.29 is 8.42 Å². The summed E-state index contributed by atoms with van der Waals surface area (Å²) in [6, 6.07) is 0.